The summed E-state index contributed by atoms with van der Waals surface area (Å²) in [6.45, 7) is 0.904. The molecule has 2 aliphatic heterocycles. The van der Waals surface area contributed by atoms with Crippen LogP contribution in [-0.2, 0) is 0 Å². The predicted molar refractivity (Wildman–Crippen MR) is 95.3 cm³/mol. The van der Waals surface area contributed by atoms with Crippen LogP contribution in [0.3, 0.4) is 0 Å². The van der Waals surface area contributed by atoms with E-state index >= 15 is 0 Å². The Balaban J connectivity index is 1.64. The van der Waals surface area contributed by atoms with E-state index in [1.165, 1.54) is 0 Å². The van der Waals surface area contributed by atoms with Gasteiger partial charge in [-0.25, -0.2) is 0 Å². The van der Waals surface area contributed by atoms with Crippen LogP contribution < -0.4 is 9.47 Å². The summed E-state index contributed by atoms with van der Waals surface area (Å²) in [4.78, 5) is 14.8. The molecule has 0 spiro atoms. The second-order valence-corrected chi connectivity index (χ2v) is 7.49. The van der Waals surface area contributed by atoms with Gasteiger partial charge in [0, 0.05) is 17.3 Å². The van der Waals surface area contributed by atoms with E-state index in [2.05, 4.69) is 0 Å². The van der Waals surface area contributed by atoms with Crippen LogP contribution in [-0.4, -0.2) is 29.9 Å². The maximum Gasteiger partial charge on any atom is 0.256 e. The van der Waals surface area contributed by atoms with Crippen molar-refractivity contribution in [2.24, 2.45) is 0 Å². The van der Waals surface area contributed by atoms with E-state index in [9.17, 15) is 4.79 Å². The predicted octanol–water partition coefficient (Wildman–Crippen LogP) is 4.61. The molecule has 0 radical (unpaired) electrons. The first-order chi connectivity index (χ1) is 11.6. The average molecular weight is 382 g/mol. The molecule has 2 aliphatic rings. The van der Waals surface area contributed by atoms with Crippen LogP contribution in [0.5, 0.6) is 11.5 Å². The number of amides is 1. The van der Waals surface area contributed by atoms with Crippen LogP contribution in [0.15, 0.2) is 36.4 Å². The minimum atomic E-state index is -0.0932. The highest BCUT2D eigenvalue weighted by atomic mass is 35.5. The first-order valence-corrected chi connectivity index (χ1v) is 9.21. The molecular weight excluding hydrogens is 369 g/mol. The van der Waals surface area contributed by atoms with E-state index in [4.69, 9.17) is 32.7 Å². The summed E-state index contributed by atoms with van der Waals surface area (Å²) in [5.41, 5.74) is 1.48. The van der Waals surface area contributed by atoms with Gasteiger partial charge in [-0.2, -0.15) is 0 Å². The Morgan fingerprint density at radius 2 is 1.96 bits per heavy atom. The van der Waals surface area contributed by atoms with Gasteiger partial charge in [-0.3, -0.25) is 4.79 Å². The lowest BCUT2D eigenvalue weighted by Crippen LogP contribution is -2.30. The Hall–Kier alpha value is -1.56. The third-order valence-corrected chi connectivity index (χ3v) is 5.80. The zero-order chi connectivity index (χ0) is 16.7. The normalized spacial score (nSPS) is 18.9. The molecule has 7 heteroatoms. The van der Waals surface area contributed by atoms with Crippen LogP contribution in [0.25, 0.3) is 0 Å². The van der Waals surface area contributed by atoms with Crippen LogP contribution in [0, 0.1) is 0 Å². The number of halogens is 2. The number of hydrogen-bond donors (Lipinski definition) is 0. The summed E-state index contributed by atoms with van der Waals surface area (Å²) in [5, 5.41) is 0.812. The smallest absolute Gasteiger partial charge is 0.256 e. The molecule has 0 aliphatic carbocycles. The Labute approximate surface area is 153 Å². The fraction of sp³-hybridized carbons (Fsp3) is 0.235. The van der Waals surface area contributed by atoms with Crippen molar-refractivity contribution < 1.29 is 14.3 Å². The zero-order valence-electron chi connectivity index (χ0n) is 12.5. The van der Waals surface area contributed by atoms with E-state index in [-0.39, 0.29) is 18.1 Å². The van der Waals surface area contributed by atoms with Crippen molar-refractivity contribution in [2.75, 3.05) is 19.1 Å². The molecule has 1 saturated heterocycles. The molecule has 0 aromatic heterocycles. The SMILES string of the molecule is O=C(c1ccc(Cl)cc1Cl)N1CCS[C@H]1c1ccc2c(c1)OCO2. The van der Waals surface area contributed by atoms with E-state index < -0.39 is 0 Å². The largest absolute Gasteiger partial charge is 0.454 e. The number of hydrogen-bond acceptors (Lipinski definition) is 4. The quantitative estimate of drug-likeness (QED) is 0.761. The number of carbonyl (C=O) groups is 1. The van der Waals surface area contributed by atoms with Crippen molar-refractivity contribution in [3.05, 3.63) is 57.6 Å². The molecule has 4 rings (SSSR count). The van der Waals surface area contributed by atoms with Crippen molar-refractivity contribution in [2.45, 2.75) is 5.37 Å². The van der Waals surface area contributed by atoms with Crippen LogP contribution >= 0.6 is 35.0 Å². The highest BCUT2D eigenvalue weighted by Gasteiger charge is 2.33. The molecule has 2 aromatic carbocycles. The van der Waals surface area contributed by atoms with E-state index in [0.29, 0.717) is 22.2 Å². The fourth-order valence-corrected chi connectivity index (χ4v) is 4.57. The van der Waals surface area contributed by atoms with Gasteiger partial charge in [-0.05, 0) is 35.9 Å². The maximum atomic E-state index is 12.9. The summed E-state index contributed by atoms with van der Waals surface area (Å²) in [7, 11) is 0. The van der Waals surface area contributed by atoms with E-state index in [0.717, 1.165) is 22.8 Å². The lowest BCUT2D eigenvalue weighted by atomic mass is 10.1. The molecule has 0 N–H and O–H groups in total. The van der Waals surface area contributed by atoms with Crippen molar-refractivity contribution in [1.82, 2.24) is 4.90 Å². The Morgan fingerprint density at radius 1 is 1.12 bits per heavy atom. The minimum absolute atomic E-state index is 0.0706. The summed E-state index contributed by atoms with van der Waals surface area (Å²) < 4.78 is 10.8. The van der Waals surface area contributed by atoms with Gasteiger partial charge in [0.1, 0.15) is 5.37 Å². The molecule has 124 valence electrons. The fourth-order valence-electron chi connectivity index (χ4n) is 2.84. The number of nitrogens with zero attached hydrogens (tertiary/aromatic N) is 1. The standard InChI is InChI=1S/C17H13Cl2NO3S/c18-11-2-3-12(13(19)8-11)16(21)20-5-6-24-17(20)10-1-4-14-15(7-10)23-9-22-14/h1-4,7-8,17H,5-6,9H2/t17-/m0/s1. The Bertz CT molecular complexity index is 814. The summed E-state index contributed by atoms with van der Waals surface area (Å²) in [6.07, 6.45) is 0. The van der Waals surface area contributed by atoms with Crippen LogP contribution in [0.4, 0.5) is 0 Å². The third kappa shape index (κ3) is 2.81. The molecule has 4 nitrogen and oxygen atoms in total. The van der Waals surface area contributed by atoms with Crippen LogP contribution in [0.1, 0.15) is 21.3 Å². The van der Waals surface area contributed by atoms with Gasteiger partial charge in [0.15, 0.2) is 11.5 Å². The van der Waals surface area contributed by atoms with Gasteiger partial charge < -0.3 is 14.4 Å². The number of benzene rings is 2. The lowest BCUT2D eigenvalue weighted by Gasteiger charge is -2.24. The molecule has 1 amide bonds. The minimum Gasteiger partial charge on any atom is -0.454 e. The lowest BCUT2D eigenvalue weighted by molar-refractivity contribution is 0.0760. The van der Waals surface area contributed by atoms with Crippen molar-refractivity contribution in [3.63, 3.8) is 0 Å². The topological polar surface area (TPSA) is 38.8 Å². The molecule has 0 saturated carbocycles. The Kier molecular flexibility index (Phi) is 4.24. The van der Waals surface area contributed by atoms with Gasteiger partial charge in [0.25, 0.3) is 5.91 Å². The second kappa shape index (κ2) is 6.39. The number of fused-ring (bicyclic) bond motifs is 1. The molecule has 0 bridgehead atoms. The highest BCUT2D eigenvalue weighted by Crippen LogP contribution is 2.43. The number of carbonyl (C=O) groups excluding carboxylic acids is 1. The monoisotopic (exact) mass is 381 g/mol. The van der Waals surface area contributed by atoms with E-state index in [1.54, 1.807) is 30.0 Å². The summed E-state index contributed by atoms with van der Waals surface area (Å²) in [5.74, 6) is 2.23. The molecule has 24 heavy (non-hydrogen) atoms. The Morgan fingerprint density at radius 3 is 2.79 bits per heavy atom. The second-order valence-electron chi connectivity index (χ2n) is 5.46. The average Bonchev–Trinajstić information content (AvgIpc) is 3.22. The maximum absolute atomic E-state index is 12.9. The van der Waals surface area contributed by atoms with Gasteiger partial charge >= 0.3 is 0 Å². The third-order valence-electron chi connectivity index (χ3n) is 4.00. The van der Waals surface area contributed by atoms with E-state index in [1.807, 2.05) is 23.1 Å². The van der Waals surface area contributed by atoms with Crippen molar-refractivity contribution >= 4 is 40.9 Å². The first-order valence-electron chi connectivity index (χ1n) is 7.40. The number of rotatable bonds is 2. The molecule has 0 unspecified atom stereocenters. The molecule has 2 aromatic rings. The molecule has 1 fully saturated rings. The first kappa shape index (κ1) is 15.9. The summed E-state index contributed by atoms with van der Waals surface area (Å²) >= 11 is 13.8. The summed E-state index contributed by atoms with van der Waals surface area (Å²) in [6, 6.07) is 10.7. The van der Waals surface area contributed by atoms with Gasteiger partial charge in [0.2, 0.25) is 6.79 Å². The van der Waals surface area contributed by atoms with Gasteiger partial charge in [-0.15, -0.1) is 11.8 Å². The highest BCUT2D eigenvalue weighted by molar-refractivity contribution is 7.99. The molecular formula is C17H13Cl2NO3S. The molecule has 2 heterocycles. The van der Waals surface area contributed by atoms with Gasteiger partial charge in [0.05, 0.1) is 10.6 Å². The number of thioether (sulfide) groups is 1. The number of ether oxygens (including phenoxy) is 2. The van der Waals surface area contributed by atoms with Crippen molar-refractivity contribution in [1.29, 1.82) is 0 Å². The van der Waals surface area contributed by atoms with Crippen LogP contribution in [0.2, 0.25) is 10.0 Å². The molecule has 1 atom stereocenters. The zero-order valence-corrected chi connectivity index (χ0v) is 14.8. The van der Waals surface area contributed by atoms with Crippen molar-refractivity contribution in [3.8, 4) is 11.5 Å². The van der Waals surface area contributed by atoms with Gasteiger partial charge in [-0.1, -0.05) is 29.3 Å².